The van der Waals surface area contributed by atoms with Gasteiger partial charge in [0.05, 0.1) is 0 Å². The number of likely N-dealkylation sites (tertiary alicyclic amines) is 1. The highest BCUT2D eigenvalue weighted by atomic mass is 79.9. The summed E-state index contributed by atoms with van der Waals surface area (Å²) >= 11 is 3.38. The Bertz CT molecular complexity index is 431. The Morgan fingerprint density at radius 3 is 2.44 bits per heavy atom. The summed E-state index contributed by atoms with van der Waals surface area (Å²) in [7, 11) is 0. The molecular weight excluding hydrogens is 292 g/mol. The molecule has 1 heterocycles. The lowest BCUT2D eigenvalue weighted by Crippen LogP contribution is -2.47. The molecule has 3 nitrogen and oxygen atoms in total. The predicted octanol–water partition coefficient (Wildman–Crippen LogP) is 3.43. The van der Waals surface area contributed by atoms with E-state index < -0.39 is 0 Å². The van der Waals surface area contributed by atoms with E-state index in [2.05, 4.69) is 29.8 Å². The number of halogens is 1. The fourth-order valence-corrected chi connectivity index (χ4v) is 3.22. The van der Waals surface area contributed by atoms with Crippen molar-refractivity contribution in [2.75, 3.05) is 5.73 Å². The Labute approximate surface area is 116 Å². The van der Waals surface area contributed by atoms with E-state index in [0.717, 1.165) is 17.3 Å². The summed E-state index contributed by atoms with van der Waals surface area (Å²) in [5.74, 6) is 0.0858. The molecule has 0 aromatic heterocycles. The molecule has 1 aromatic carbocycles. The maximum absolute atomic E-state index is 12.6. The second-order valence-electron chi connectivity index (χ2n) is 5.11. The van der Waals surface area contributed by atoms with Gasteiger partial charge in [0.1, 0.15) is 0 Å². The molecule has 18 heavy (non-hydrogen) atoms. The van der Waals surface area contributed by atoms with Crippen LogP contribution in [0.5, 0.6) is 0 Å². The third-order valence-electron chi connectivity index (χ3n) is 3.60. The zero-order valence-corrected chi connectivity index (χ0v) is 12.4. The first-order valence-corrected chi connectivity index (χ1v) is 7.17. The summed E-state index contributed by atoms with van der Waals surface area (Å²) in [5.41, 5.74) is 7.08. The van der Waals surface area contributed by atoms with Crippen LogP contribution in [-0.2, 0) is 0 Å². The number of piperidine rings is 1. The fourth-order valence-electron chi connectivity index (χ4n) is 2.71. The van der Waals surface area contributed by atoms with Gasteiger partial charge in [0.15, 0.2) is 0 Å². The molecular formula is C14H19BrN2O. The highest BCUT2D eigenvalue weighted by Crippen LogP contribution is 2.26. The number of nitrogen functional groups attached to an aromatic ring is 1. The zero-order valence-electron chi connectivity index (χ0n) is 10.8. The van der Waals surface area contributed by atoms with E-state index in [-0.39, 0.29) is 5.91 Å². The van der Waals surface area contributed by atoms with E-state index in [0.29, 0.717) is 23.3 Å². The SMILES string of the molecule is C[C@@H]1CCC[C@@H](C)N1C(=O)c1cc(N)cc(Br)c1. The highest BCUT2D eigenvalue weighted by Gasteiger charge is 2.29. The summed E-state index contributed by atoms with van der Waals surface area (Å²) in [5, 5.41) is 0. The molecule has 1 aliphatic rings. The first-order valence-electron chi connectivity index (χ1n) is 6.38. The summed E-state index contributed by atoms with van der Waals surface area (Å²) < 4.78 is 0.850. The van der Waals surface area contributed by atoms with Gasteiger partial charge in [0.25, 0.3) is 5.91 Å². The lowest BCUT2D eigenvalue weighted by Gasteiger charge is -2.39. The van der Waals surface area contributed by atoms with Crippen molar-refractivity contribution in [3.8, 4) is 0 Å². The number of nitrogens with two attached hydrogens (primary N) is 1. The van der Waals surface area contributed by atoms with Crippen molar-refractivity contribution in [1.29, 1.82) is 0 Å². The van der Waals surface area contributed by atoms with Crippen molar-refractivity contribution >= 4 is 27.5 Å². The standard InChI is InChI=1S/C14H19BrN2O/c1-9-4-3-5-10(2)17(9)14(18)11-6-12(15)8-13(16)7-11/h6-10H,3-5,16H2,1-2H3/t9-,10-/m1/s1. The van der Waals surface area contributed by atoms with Gasteiger partial charge in [-0.2, -0.15) is 0 Å². The third kappa shape index (κ3) is 2.69. The van der Waals surface area contributed by atoms with Crippen molar-refractivity contribution in [2.45, 2.75) is 45.2 Å². The van der Waals surface area contributed by atoms with Gasteiger partial charge in [-0.15, -0.1) is 0 Å². The minimum atomic E-state index is 0.0858. The van der Waals surface area contributed by atoms with E-state index in [9.17, 15) is 4.79 Å². The quantitative estimate of drug-likeness (QED) is 0.808. The van der Waals surface area contributed by atoms with Gasteiger partial charge in [0, 0.05) is 27.8 Å². The smallest absolute Gasteiger partial charge is 0.254 e. The van der Waals surface area contributed by atoms with Crippen LogP contribution in [0.4, 0.5) is 5.69 Å². The van der Waals surface area contributed by atoms with E-state index >= 15 is 0 Å². The van der Waals surface area contributed by atoms with E-state index in [1.807, 2.05) is 11.0 Å². The Kier molecular flexibility index (Phi) is 3.95. The Morgan fingerprint density at radius 2 is 1.89 bits per heavy atom. The topological polar surface area (TPSA) is 46.3 Å². The summed E-state index contributed by atoms with van der Waals surface area (Å²) in [6.07, 6.45) is 3.37. The number of nitrogens with zero attached hydrogens (tertiary/aromatic N) is 1. The predicted molar refractivity (Wildman–Crippen MR) is 77.5 cm³/mol. The Hall–Kier alpha value is -1.03. The van der Waals surface area contributed by atoms with Gasteiger partial charge < -0.3 is 10.6 Å². The average Bonchev–Trinajstić information content (AvgIpc) is 2.27. The van der Waals surface area contributed by atoms with Crippen molar-refractivity contribution in [3.63, 3.8) is 0 Å². The molecule has 1 aliphatic heterocycles. The molecule has 0 aliphatic carbocycles. The van der Waals surface area contributed by atoms with E-state index in [1.54, 1.807) is 12.1 Å². The maximum atomic E-state index is 12.6. The molecule has 0 radical (unpaired) electrons. The fraction of sp³-hybridized carbons (Fsp3) is 0.500. The zero-order chi connectivity index (χ0) is 13.3. The van der Waals surface area contributed by atoms with Gasteiger partial charge in [-0.05, 0) is 51.3 Å². The van der Waals surface area contributed by atoms with Gasteiger partial charge in [-0.3, -0.25) is 4.79 Å². The lowest BCUT2D eigenvalue weighted by atomic mass is 9.96. The van der Waals surface area contributed by atoms with Crippen LogP contribution in [-0.4, -0.2) is 22.9 Å². The highest BCUT2D eigenvalue weighted by molar-refractivity contribution is 9.10. The van der Waals surface area contributed by atoms with Crippen LogP contribution >= 0.6 is 15.9 Å². The molecule has 1 amide bonds. The molecule has 98 valence electrons. The summed E-state index contributed by atoms with van der Waals surface area (Å²) in [6, 6.07) is 6.01. The largest absolute Gasteiger partial charge is 0.399 e. The minimum Gasteiger partial charge on any atom is -0.399 e. The molecule has 0 spiro atoms. The number of hydrogen-bond acceptors (Lipinski definition) is 2. The van der Waals surface area contributed by atoms with Crippen molar-refractivity contribution in [1.82, 2.24) is 4.90 Å². The molecule has 4 heteroatoms. The van der Waals surface area contributed by atoms with Crippen LogP contribution in [0, 0.1) is 0 Å². The van der Waals surface area contributed by atoms with E-state index in [4.69, 9.17) is 5.73 Å². The first-order chi connectivity index (χ1) is 8.49. The maximum Gasteiger partial charge on any atom is 0.254 e. The Balaban J connectivity index is 2.29. The molecule has 1 saturated heterocycles. The number of carbonyl (C=O) groups is 1. The van der Waals surface area contributed by atoms with Crippen LogP contribution in [0.1, 0.15) is 43.5 Å². The van der Waals surface area contributed by atoms with Crippen LogP contribution in [0.25, 0.3) is 0 Å². The average molecular weight is 311 g/mol. The molecule has 0 unspecified atom stereocenters. The van der Waals surface area contributed by atoms with Gasteiger partial charge in [-0.25, -0.2) is 0 Å². The lowest BCUT2D eigenvalue weighted by molar-refractivity contribution is 0.0511. The van der Waals surface area contributed by atoms with Crippen molar-refractivity contribution in [2.24, 2.45) is 0 Å². The van der Waals surface area contributed by atoms with Crippen LogP contribution in [0.3, 0.4) is 0 Å². The number of hydrogen-bond donors (Lipinski definition) is 1. The number of carbonyl (C=O) groups excluding carboxylic acids is 1. The van der Waals surface area contributed by atoms with Gasteiger partial charge >= 0.3 is 0 Å². The number of rotatable bonds is 1. The van der Waals surface area contributed by atoms with Crippen LogP contribution < -0.4 is 5.73 Å². The number of benzene rings is 1. The van der Waals surface area contributed by atoms with Crippen LogP contribution in [0.2, 0.25) is 0 Å². The molecule has 1 aromatic rings. The molecule has 2 rings (SSSR count). The number of amides is 1. The van der Waals surface area contributed by atoms with Gasteiger partial charge in [0.2, 0.25) is 0 Å². The molecule has 2 atom stereocenters. The second-order valence-corrected chi connectivity index (χ2v) is 6.03. The molecule has 1 fully saturated rings. The molecule has 0 bridgehead atoms. The molecule has 0 saturated carbocycles. The minimum absolute atomic E-state index is 0.0858. The normalized spacial score (nSPS) is 24.1. The monoisotopic (exact) mass is 310 g/mol. The van der Waals surface area contributed by atoms with E-state index in [1.165, 1.54) is 6.42 Å². The van der Waals surface area contributed by atoms with Crippen molar-refractivity contribution in [3.05, 3.63) is 28.2 Å². The van der Waals surface area contributed by atoms with Gasteiger partial charge in [-0.1, -0.05) is 15.9 Å². The Morgan fingerprint density at radius 1 is 1.28 bits per heavy atom. The third-order valence-corrected chi connectivity index (χ3v) is 4.05. The molecule has 2 N–H and O–H groups in total. The van der Waals surface area contributed by atoms with Crippen molar-refractivity contribution < 1.29 is 4.79 Å². The second kappa shape index (κ2) is 5.31. The first kappa shape index (κ1) is 13.4. The number of anilines is 1. The summed E-state index contributed by atoms with van der Waals surface area (Å²) in [6.45, 7) is 4.24. The summed E-state index contributed by atoms with van der Waals surface area (Å²) in [4.78, 5) is 14.6. The van der Waals surface area contributed by atoms with Crippen LogP contribution in [0.15, 0.2) is 22.7 Å².